The van der Waals surface area contributed by atoms with E-state index in [1.54, 1.807) is 16.8 Å². The van der Waals surface area contributed by atoms with Crippen molar-refractivity contribution in [3.63, 3.8) is 0 Å². The molecule has 0 radical (unpaired) electrons. The van der Waals surface area contributed by atoms with Crippen molar-refractivity contribution in [2.45, 2.75) is 38.8 Å². The van der Waals surface area contributed by atoms with Crippen molar-refractivity contribution >= 4 is 45.0 Å². The summed E-state index contributed by atoms with van der Waals surface area (Å²) in [7, 11) is 0. The lowest BCUT2D eigenvalue weighted by molar-refractivity contribution is -0.121. The van der Waals surface area contributed by atoms with Crippen molar-refractivity contribution in [3.05, 3.63) is 67.9 Å². The molecule has 0 saturated heterocycles. The fraction of sp³-hybridized carbons (Fsp3) is 0.300. The maximum atomic E-state index is 12.7. The number of benzene rings is 1. The van der Waals surface area contributed by atoms with Crippen LogP contribution in [-0.2, 0) is 17.9 Å². The van der Waals surface area contributed by atoms with Gasteiger partial charge in [0.25, 0.3) is 5.56 Å². The Bertz CT molecular complexity index is 1080. The van der Waals surface area contributed by atoms with E-state index in [0.717, 1.165) is 34.9 Å². The second kappa shape index (κ2) is 9.75. The highest BCUT2D eigenvalue weighted by atomic mass is 79.9. The minimum atomic E-state index is -0.0897. The molecule has 0 aliphatic heterocycles. The third-order valence-corrected chi connectivity index (χ3v) is 5.24. The smallest absolute Gasteiger partial charge is 0.262 e. The van der Waals surface area contributed by atoms with Gasteiger partial charge in [0.15, 0.2) is 4.77 Å². The quantitative estimate of drug-likeness (QED) is 0.391. The Morgan fingerprint density at radius 2 is 2.07 bits per heavy atom. The number of fused-ring (bicyclic) bond motifs is 1. The first-order chi connectivity index (χ1) is 13.5. The maximum Gasteiger partial charge on any atom is 0.262 e. The molecule has 3 aromatic rings. The zero-order chi connectivity index (χ0) is 19.9. The lowest BCUT2D eigenvalue weighted by Gasteiger charge is -2.08. The van der Waals surface area contributed by atoms with E-state index in [2.05, 4.69) is 31.2 Å². The Balaban J connectivity index is 1.47. The van der Waals surface area contributed by atoms with Crippen LogP contribution in [0.5, 0.6) is 0 Å². The van der Waals surface area contributed by atoms with Crippen molar-refractivity contribution < 1.29 is 4.79 Å². The second-order valence-electron chi connectivity index (χ2n) is 6.49. The fourth-order valence-corrected chi connectivity index (χ4v) is 3.58. The summed E-state index contributed by atoms with van der Waals surface area (Å²) in [6.07, 6.45) is 4.55. The Labute approximate surface area is 176 Å². The Kier molecular flexibility index (Phi) is 7.11. The van der Waals surface area contributed by atoms with Crippen molar-refractivity contribution in [1.82, 2.24) is 19.9 Å². The van der Waals surface area contributed by atoms with Gasteiger partial charge in [-0.2, -0.15) is 0 Å². The normalized spacial score (nSPS) is 10.9. The minimum absolute atomic E-state index is 0.00988. The highest BCUT2D eigenvalue weighted by molar-refractivity contribution is 9.10. The minimum Gasteiger partial charge on any atom is -0.350 e. The number of nitrogens with zero attached hydrogens (tertiary/aromatic N) is 2. The largest absolute Gasteiger partial charge is 0.350 e. The molecule has 0 atom stereocenters. The number of aromatic amines is 1. The van der Waals surface area contributed by atoms with Gasteiger partial charge in [0.1, 0.15) is 0 Å². The molecule has 146 valence electrons. The van der Waals surface area contributed by atoms with Gasteiger partial charge < -0.3 is 10.3 Å². The molecule has 2 aromatic heterocycles. The van der Waals surface area contributed by atoms with E-state index < -0.39 is 0 Å². The standard InChI is InChI=1S/C20H21BrN4O2S/c21-14-8-9-17-16(12-14)19(27)25(20(28)24-17)11-5-1-2-7-18(26)23-13-15-6-3-4-10-22-15/h3-4,6,8-10,12H,1-2,5,7,11,13H2,(H,23,26)(H,24,28). The Hall–Kier alpha value is -2.32. The number of halogens is 1. The van der Waals surface area contributed by atoms with Crippen molar-refractivity contribution in [2.24, 2.45) is 0 Å². The van der Waals surface area contributed by atoms with Crippen LogP contribution in [0, 0.1) is 4.77 Å². The van der Waals surface area contributed by atoms with Crippen molar-refractivity contribution in [3.8, 4) is 0 Å². The number of carbonyl (C=O) groups is 1. The number of hydrogen-bond donors (Lipinski definition) is 2. The van der Waals surface area contributed by atoms with Gasteiger partial charge in [0.2, 0.25) is 5.91 Å². The number of nitrogens with one attached hydrogen (secondary N) is 2. The third kappa shape index (κ3) is 5.36. The maximum absolute atomic E-state index is 12.7. The van der Waals surface area contributed by atoms with Crippen LogP contribution in [0.25, 0.3) is 10.9 Å². The molecule has 2 heterocycles. The molecule has 0 aliphatic carbocycles. The van der Waals surface area contributed by atoms with Gasteiger partial charge in [-0.15, -0.1) is 0 Å². The first kappa shape index (κ1) is 20.4. The van der Waals surface area contributed by atoms with Crippen LogP contribution in [0.2, 0.25) is 0 Å². The molecule has 6 nitrogen and oxygen atoms in total. The molecule has 1 aromatic carbocycles. The van der Waals surface area contributed by atoms with E-state index in [1.165, 1.54) is 0 Å². The van der Waals surface area contributed by atoms with Crippen LogP contribution in [-0.4, -0.2) is 20.4 Å². The molecule has 0 aliphatic rings. The molecule has 1 amide bonds. The summed E-state index contributed by atoms with van der Waals surface area (Å²) in [5.41, 5.74) is 1.49. The number of H-pyrrole nitrogens is 1. The number of aromatic nitrogens is 3. The Morgan fingerprint density at radius 1 is 1.21 bits per heavy atom. The van der Waals surface area contributed by atoms with E-state index in [9.17, 15) is 9.59 Å². The summed E-state index contributed by atoms with van der Waals surface area (Å²) < 4.78 is 2.87. The Morgan fingerprint density at radius 3 is 2.86 bits per heavy atom. The predicted molar refractivity (Wildman–Crippen MR) is 116 cm³/mol. The average Bonchev–Trinajstić information content (AvgIpc) is 2.70. The molecular formula is C20H21BrN4O2S. The number of hydrogen-bond acceptors (Lipinski definition) is 4. The first-order valence-corrected chi connectivity index (χ1v) is 10.3. The zero-order valence-corrected chi connectivity index (χ0v) is 17.7. The number of pyridine rings is 1. The van der Waals surface area contributed by atoms with Crippen LogP contribution < -0.4 is 10.9 Å². The van der Waals surface area contributed by atoms with Crippen LogP contribution in [0.15, 0.2) is 51.9 Å². The van der Waals surface area contributed by atoms with E-state index in [1.807, 2.05) is 30.3 Å². The van der Waals surface area contributed by atoms with Crippen LogP contribution in [0.3, 0.4) is 0 Å². The molecule has 8 heteroatoms. The zero-order valence-electron chi connectivity index (χ0n) is 15.3. The first-order valence-electron chi connectivity index (χ1n) is 9.13. The summed E-state index contributed by atoms with van der Waals surface area (Å²) >= 11 is 8.72. The second-order valence-corrected chi connectivity index (χ2v) is 7.79. The predicted octanol–water partition coefficient (Wildman–Crippen LogP) is 4.09. The molecule has 0 spiro atoms. The van der Waals surface area contributed by atoms with Gasteiger partial charge >= 0.3 is 0 Å². The van der Waals surface area contributed by atoms with Crippen molar-refractivity contribution in [1.29, 1.82) is 0 Å². The van der Waals surface area contributed by atoms with Crippen LogP contribution in [0.4, 0.5) is 0 Å². The number of rotatable bonds is 8. The van der Waals surface area contributed by atoms with Crippen LogP contribution in [0.1, 0.15) is 31.4 Å². The number of carbonyl (C=O) groups excluding carboxylic acids is 1. The van der Waals surface area contributed by atoms with Gasteiger partial charge in [-0.05, 0) is 55.4 Å². The monoisotopic (exact) mass is 460 g/mol. The average molecular weight is 461 g/mol. The van der Waals surface area contributed by atoms with Crippen molar-refractivity contribution in [2.75, 3.05) is 0 Å². The van der Waals surface area contributed by atoms with Gasteiger partial charge in [-0.3, -0.25) is 19.1 Å². The molecule has 28 heavy (non-hydrogen) atoms. The third-order valence-electron chi connectivity index (χ3n) is 4.42. The van der Waals surface area contributed by atoms with Gasteiger partial charge in [-0.25, -0.2) is 0 Å². The molecule has 2 N–H and O–H groups in total. The van der Waals surface area contributed by atoms with E-state index in [-0.39, 0.29) is 11.5 Å². The summed E-state index contributed by atoms with van der Waals surface area (Å²) in [4.78, 5) is 31.9. The number of amides is 1. The summed E-state index contributed by atoms with van der Waals surface area (Å²) in [6, 6.07) is 11.1. The lowest BCUT2D eigenvalue weighted by Crippen LogP contribution is -2.23. The topological polar surface area (TPSA) is 79.8 Å². The molecule has 0 unspecified atom stereocenters. The lowest BCUT2D eigenvalue weighted by atomic mass is 10.2. The number of unbranched alkanes of at least 4 members (excludes halogenated alkanes) is 2. The van der Waals surface area contributed by atoms with E-state index in [0.29, 0.717) is 29.7 Å². The highest BCUT2D eigenvalue weighted by Gasteiger charge is 2.07. The molecular weight excluding hydrogens is 440 g/mol. The van der Waals surface area contributed by atoms with Crippen LogP contribution >= 0.6 is 28.1 Å². The summed E-state index contributed by atoms with van der Waals surface area (Å²) in [5, 5.41) is 3.48. The summed E-state index contributed by atoms with van der Waals surface area (Å²) in [6.45, 7) is 0.975. The van der Waals surface area contributed by atoms with E-state index >= 15 is 0 Å². The fourth-order valence-electron chi connectivity index (χ4n) is 2.94. The summed E-state index contributed by atoms with van der Waals surface area (Å²) in [5.74, 6) is 0.00988. The van der Waals surface area contributed by atoms with E-state index in [4.69, 9.17) is 12.2 Å². The SMILES string of the molecule is O=C(CCCCCn1c(=S)[nH]c2ccc(Br)cc2c1=O)NCc1ccccn1. The van der Waals surface area contributed by atoms with Gasteiger partial charge in [0, 0.05) is 23.6 Å². The molecule has 0 bridgehead atoms. The molecule has 3 rings (SSSR count). The molecule has 0 saturated carbocycles. The highest BCUT2D eigenvalue weighted by Crippen LogP contribution is 2.15. The molecule has 0 fully saturated rings. The van der Waals surface area contributed by atoms with Gasteiger partial charge in [-0.1, -0.05) is 28.4 Å². The van der Waals surface area contributed by atoms with Gasteiger partial charge in [0.05, 0.1) is 23.1 Å².